The summed E-state index contributed by atoms with van der Waals surface area (Å²) in [6, 6.07) is 0. The third-order valence-corrected chi connectivity index (χ3v) is 4.60. The predicted octanol–water partition coefficient (Wildman–Crippen LogP) is 5.91. The van der Waals surface area contributed by atoms with Crippen LogP contribution in [0.25, 0.3) is 0 Å². The Morgan fingerprint density at radius 2 is 1.47 bits per heavy atom. The minimum Gasteiger partial charge on any atom is -0.0628 e. The molecule has 1 aliphatic carbocycles. The fraction of sp³-hybridized carbons (Fsp3) is 1.00. The molecule has 3 atom stereocenters. The Labute approximate surface area is 110 Å². The van der Waals surface area contributed by atoms with Gasteiger partial charge in [-0.2, -0.15) is 0 Å². The van der Waals surface area contributed by atoms with Crippen molar-refractivity contribution in [3.63, 3.8) is 0 Å². The van der Waals surface area contributed by atoms with Crippen LogP contribution in [0.2, 0.25) is 0 Å². The van der Waals surface area contributed by atoms with E-state index in [-0.39, 0.29) is 0 Å². The van der Waals surface area contributed by atoms with Gasteiger partial charge in [0.2, 0.25) is 0 Å². The van der Waals surface area contributed by atoms with E-state index in [2.05, 4.69) is 34.6 Å². The first-order valence-corrected chi connectivity index (χ1v) is 7.99. The molecule has 0 aromatic rings. The average molecular weight is 238 g/mol. The fourth-order valence-electron chi connectivity index (χ4n) is 3.69. The van der Waals surface area contributed by atoms with E-state index in [0.29, 0.717) is 0 Å². The maximum Gasteiger partial charge on any atom is -0.0386 e. The van der Waals surface area contributed by atoms with E-state index in [9.17, 15) is 0 Å². The molecule has 1 rings (SSSR count). The molecule has 1 aliphatic rings. The quantitative estimate of drug-likeness (QED) is 0.571. The summed E-state index contributed by atoms with van der Waals surface area (Å²) in [5, 5.41) is 0. The van der Waals surface area contributed by atoms with Crippen molar-refractivity contribution in [1.29, 1.82) is 0 Å². The zero-order valence-electron chi connectivity index (χ0n) is 12.8. The summed E-state index contributed by atoms with van der Waals surface area (Å²) in [4.78, 5) is 0. The fourth-order valence-corrected chi connectivity index (χ4v) is 3.69. The number of hydrogen-bond acceptors (Lipinski definition) is 0. The van der Waals surface area contributed by atoms with Crippen molar-refractivity contribution in [1.82, 2.24) is 0 Å². The summed E-state index contributed by atoms with van der Waals surface area (Å²) in [5.41, 5.74) is 0. The molecule has 102 valence electrons. The first-order valence-electron chi connectivity index (χ1n) is 7.99. The van der Waals surface area contributed by atoms with Gasteiger partial charge < -0.3 is 0 Å². The zero-order valence-corrected chi connectivity index (χ0v) is 12.8. The minimum absolute atomic E-state index is 0.883. The molecule has 0 aliphatic heterocycles. The lowest BCUT2D eigenvalue weighted by atomic mass is 9.75. The van der Waals surface area contributed by atoms with Gasteiger partial charge in [-0.25, -0.2) is 0 Å². The van der Waals surface area contributed by atoms with Crippen molar-refractivity contribution < 1.29 is 0 Å². The third kappa shape index (κ3) is 5.93. The molecular weight excluding hydrogens is 204 g/mol. The second-order valence-electron chi connectivity index (χ2n) is 7.37. The number of rotatable bonds is 4. The topological polar surface area (TPSA) is 0 Å². The summed E-state index contributed by atoms with van der Waals surface area (Å²) in [6.07, 6.45) is 10.4. The summed E-state index contributed by atoms with van der Waals surface area (Å²) in [6.45, 7) is 12.0. The summed E-state index contributed by atoms with van der Waals surface area (Å²) in [7, 11) is 0. The van der Waals surface area contributed by atoms with Crippen LogP contribution >= 0.6 is 0 Å². The van der Waals surface area contributed by atoms with Crippen molar-refractivity contribution in [3.05, 3.63) is 0 Å². The molecule has 0 saturated heterocycles. The van der Waals surface area contributed by atoms with E-state index in [1.165, 1.54) is 44.9 Å². The zero-order chi connectivity index (χ0) is 12.8. The molecule has 3 unspecified atom stereocenters. The minimum atomic E-state index is 0.883. The Kier molecular flexibility index (Phi) is 6.59. The highest BCUT2D eigenvalue weighted by molar-refractivity contribution is 4.75. The summed E-state index contributed by atoms with van der Waals surface area (Å²) >= 11 is 0. The largest absolute Gasteiger partial charge is 0.0628 e. The van der Waals surface area contributed by atoms with Gasteiger partial charge in [-0.3, -0.25) is 0 Å². The Bertz CT molecular complexity index is 192. The van der Waals surface area contributed by atoms with Gasteiger partial charge in [-0.05, 0) is 42.4 Å². The van der Waals surface area contributed by atoms with Gasteiger partial charge in [-0.15, -0.1) is 0 Å². The molecule has 0 heteroatoms. The van der Waals surface area contributed by atoms with E-state index in [0.717, 1.165) is 29.6 Å². The highest BCUT2D eigenvalue weighted by Gasteiger charge is 2.23. The van der Waals surface area contributed by atoms with E-state index in [1.54, 1.807) is 0 Å². The summed E-state index contributed by atoms with van der Waals surface area (Å²) in [5.74, 6) is 4.77. The van der Waals surface area contributed by atoms with Crippen LogP contribution in [0, 0.1) is 29.6 Å². The van der Waals surface area contributed by atoms with E-state index >= 15 is 0 Å². The average Bonchev–Trinajstić information content (AvgIpc) is 2.20. The Morgan fingerprint density at radius 1 is 0.824 bits per heavy atom. The molecular formula is C17H34. The van der Waals surface area contributed by atoms with Gasteiger partial charge in [0.05, 0.1) is 0 Å². The first-order chi connectivity index (χ1) is 7.99. The van der Waals surface area contributed by atoms with Crippen LogP contribution in [0.3, 0.4) is 0 Å². The normalized spacial score (nSPS) is 31.6. The molecule has 0 aromatic carbocycles. The van der Waals surface area contributed by atoms with Gasteiger partial charge in [0.1, 0.15) is 0 Å². The van der Waals surface area contributed by atoms with E-state index in [1.807, 2.05) is 0 Å². The van der Waals surface area contributed by atoms with E-state index < -0.39 is 0 Å². The van der Waals surface area contributed by atoms with E-state index in [4.69, 9.17) is 0 Å². The van der Waals surface area contributed by atoms with Gasteiger partial charge in [-0.1, -0.05) is 66.7 Å². The molecule has 0 bridgehead atoms. The van der Waals surface area contributed by atoms with Crippen LogP contribution in [-0.4, -0.2) is 0 Å². The Balaban J connectivity index is 2.40. The molecule has 0 spiro atoms. The SMILES string of the molecule is CC(C)CC1CCCC(CC(C)C)C(C)CC1. The van der Waals surface area contributed by atoms with Gasteiger partial charge >= 0.3 is 0 Å². The Morgan fingerprint density at radius 3 is 2.06 bits per heavy atom. The highest BCUT2D eigenvalue weighted by Crippen LogP contribution is 2.35. The van der Waals surface area contributed by atoms with Crippen molar-refractivity contribution in [2.24, 2.45) is 29.6 Å². The van der Waals surface area contributed by atoms with Crippen LogP contribution in [-0.2, 0) is 0 Å². The summed E-state index contributed by atoms with van der Waals surface area (Å²) < 4.78 is 0. The maximum absolute atomic E-state index is 2.50. The van der Waals surface area contributed by atoms with Gasteiger partial charge in [0.15, 0.2) is 0 Å². The molecule has 0 heterocycles. The van der Waals surface area contributed by atoms with Crippen LogP contribution in [0.1, 0.15) is 79.6 Å². The Hall–Kier alpha value is 0. The van der Waals surface area contributed by atoms with Crippen molar-refractivity contribution in [2.75, 3.05) is 0 Å². The predicted molar refractivity (Wildman–Crippen MR) is 78.1 cm³/mol. The molecule has 0 N–H and O–H groups in total. The lowest BCUT2D eigenvalue weighted by molar-refractivity contribution is 0.205. The molecule has 0 amide bonds. The lowest BCUT2D eigenvalue weighted by Gasteiger charge is -2.31. The smallest absolute Gasteiger partial charge is 0.0386 e. The highest BCUT2D eigenvalue weighted by atomic mass is 14.3. The second kappa shape index (κ2) is 7.44. The molecule has 17 heavy (non-hydrogen) atoms. The second-order valence-corrected chi connectivity index (χ2v) is 7.37. The van der Waals surface area contributed by atoms with Crippen LogP contribution in [0.5, 0.6) is 0 Å². The molecule has 0 radical (unpaired) electrons. The molecule has 1 fully saturated rings. The molecule has 1 saturated carbocycles. The third-order valence-electron chi connectivity index (χ3n) is 4.60. The first kappa shape index (κ1) is 15.1. The van der Waals surface area contributed by atoms with Crippen molar-refractivity contribution in [3.8, 4) is 0 Å². The monoisotopic (exact) mass is 238 g/mol. The van der Waals surface area contributed by atoms with Crippen molar-refractivity contribution in [2.45, 2.75) is 79.6 Å². The molecule has 0 aromatic heterocycles. The maximum atomic E-state index is 2.50. The van der Waals surface area contributed by atoms with Gasteiger partial charge in [0.25, 0.3) is 0 Å². The van der Waals surface area contributed by atoms with Crippen molar-refractivity contribution >= 4 is 0 Å². The van der Waals surface area contributed by atoms with Gasteiger partial charge in [0, 0.05) is 0 Å². The standard InChI is InChI=1S/C17H34/c1-13(2)11-16-7-6-8-17(12-14(3)4)15(5)9-10-16/h13-17H,6-12H2,1-5H3. The van der Waals surface area contributed by atoms with Crippen LogP contribution in [0.15, 0.2) is 0 Å². The van der Waals surface area contributed by atoms with Crippen LogP contribution < -0.4 is 0 Å². The number of hydrogen-bond donors (Lipinski definition) is 0. The van der Waals surface area contributed by atoms with Crippen LogP contribution in [0.4, 0.5) is 0 Å². The molecule has 0 nitrogen and oxygen atoms in total. The lowest BCUT2D eigenvalue weighted by Crippen LogP contribution is -2.19.